The molecule has 0 aliphatic carbocycles. The van der Waals surface area contributed by atoms with Crippen LogP contribution in [-0.2, 0) is 0 Å². The molecule has 0 saturated heterocycles. The number of aromatic nitrogens is 3. The molecule has 0 radical (unpaired) electrons. The van der Waals surface area contributed by atoms with E-state index in [1.54, 1.807) is 0 Å². The van der Waals surface area contributed by atoms with Crippen LogP contribution in [0.3, 0.4) is 0 Å². The SMILES string of the molecule is C[N+]1=c2ccccc2=CCC1.c1ccc2n[n-]nc2c1. The van der Waals surface area contributed by atoms with Crippen LogP contribution in [0.2, 0.25) is 0 Å². The molecular weight excluding hydrogens is 248 g/mol. The molecule has 0 unspecified atom stereocenters. The number of nitrogens with zero attached hydrogens (tertiary/aromatic N) is 4. The van der Waals surface area contributed by atoms with Crippen LogP contribution in [0.15, 0.2) is 48.5 Å². The van der Waals surface area contributed by atoms with Gasteiger partial charge in [-0.25, -0.2) is 4.58 Å². The van der Waals surface area contributed by atoms with Crippen LogP contribution in [0, 0.1) is 0 Å². The van der Waals surface area contributed by atoms with E-state index in [0.29, 0.717) is 0 Å². The minimum atomic E-state index is 0.859. The highest BCUT2D eigenvalue weighted by atomic mass is 15.3. The Morgan fingerprint density at radius 1 is 0.950 bits per heavy atom. The topological polar surface area (TPSA) is 42.9 Å². The summed E-state index contributed by atoms with van der Waals surface area (Å²) in [5, 5.41) is 13.8. The van der Waals surface area contributed by atoms with Gasteiger partial charge in [0.2, 0.25) is 5.36 Å². The van der Waals surface area contributed by atoms with Gasteiger partial charge in [-0.05, 0) is 18.2 Å². The molecule has 0 atom stereocenters. The standard InChI is InChI=1S/C10H12N.C6H4N3/c1-11-8-4-6-9-5-2-3-7-10(9)11;1-2-4-6-5(3-1)7-9-8-6/h2-3,5-7H,4,8H2,1H3;1-4H/q+1;-1. The predicted molar refractivity (Wildman–Crippen MR) is 79.7 cm³/mol. The van der Waals surface area contributed by atoms with E-state index in [1.165, 1.54) is 17.0 Å². The highest BCUT2D eigenvalue weighted by Crippen LogP contribution is 2.03. The molecule has 4 nitrogen and oxygen atoms in total. The molecule has 0 saturated carbocycles. The summed E-state index contributed by atoms with van der Waals surface area (Å²) in [5.74, 6) is 0. The van der Waals surface area contributed by atoms with Gasteiger partial charge in [-0.3, -0.25) is 0 Å². The fraction of sp³-hybridized carbons (Fsp3) is 0.188. The van der Waals surface area contributed by atoms with Gasteiger partial charge in [0.05, 0.1) is 11.0 Å². The number of hydrogen-bond acceptors (Lipinski definition) is 2. The maximum absolute atomic E-state index is 3.76. The van der Waals surface area contributed by atoms with Gasteiger partial charge in [0.15, 0.2) is 0 Å². The third kappa shape index (κ3) is 2.59. The number of benzene rings is 2. The molecule has 0 spiro atoms. The third-order valence-corrected chi connectivity index (χ3v) is 3.36. The van der Waals surface area contributed by atoms with Crippen molar-refractivity contribution in [3.05, 3.63) is 59.1 Å². The van der Waals surface area contributed by atoms with Gasteiger partial charge in [0.25, 0.3) is 0 Å². The second-order valence-corrected chi connectivity index (χ2v) is 4.75. The first-order valence-corrected chi connectivity index (χ1v) is 6.69. The van der Waals surface area contributed by atoms with Gasteiger partial charge in [-0.1, -0.05) is 30.3 Å². The first-order valence-electron chi connectivity index (χ1n) is 6.69. The molecule has 2 aromatic carbocycles. The van der Waals surface area contributed by atoms with Crippen molar-refractivity contribution in [3.8, 4) is 0 Å². The minimum Gasteiger partial charge on any atom is -0.492 e. The van der Waals surface area contributed by atoms with E-state index >= 15 is 0 Å². The van der Waals surface area contributed by atoms with Crippen molar-refractivity contribution in [2.24, 2.45) is 0 Å². The summed E-state index contributed by atoms with van der Waals surface area (Å²) >= 11 is 0. The van der Waals surface area contributed by atoms with Gasteiger partial charge in [-0.15, -0.1) is 0 Å². The Kier molecular flexibility index (Phi) is 3.54. The number of fused-ring (bicyclic) bond motifs is 2. The maximum atomic E-state index is 3.76. The van der Waals surface area contributed by atoms with Crippen molar-refractivity contribution in [3.63, 3.8) is 0 Å². The summed E-state index contributed by atoms with van der Waals surface area (Å²) in [6, 6.07) is 16.1. The van der Waals surface area contributed by atoms with E-state index in [9.17, 15) is 0 Å². The van der Waals surface area contributed by atoms with Gasteiger partial charge in [0, 0.05) is 17.7 Å². The van der Waals surface area contributed by atoms with Crippen LogP contribution in [-0.4, -0.2) is 23.8 Å². The molecule has 4 rings (SSSR count). The van der Waals surface area contributed by atoms with E-state index in [0.717, 1.165) is 17.6 Å². The Morgan fingerprint density at radius 3 is 2.30 bits per heavy atom. The van der Waals surface area contributed by atoms with Gasteiger partial charge >= 0.3 is 0 Å². The quantitative estimate of drug-likeness (QED) is 0.558. The van der Waals surface area contributed by atoms with Crippen LogP contribution >= 0.6 is 0 Å². The Hall–Kier alpha value is -2.49. The normalized spacial score (nSPS) is 13.2. The second-order valence-electron chi connectivity index (χ2n) is 4.75. The van der Waals surface area contributed by atoms with E-state index in [4.69, 9.17) is 0 Å². The number of para-hydroxylation sites is 1. The molecule has 0 amide bonds. The predicted octanol–water partition coefficient (Wildman–Crippen LogP) is 0.579. The molecule has 2 heterocycles. The number of hydrogen-bond donors (Lipinski definition) is 0. The Balaban J connectivity index is 0.000000123. The lowest BCUT2D eigenvalue weighted by atomic mass is 10.2. The fourth-order valence-corrected chi connectivity index (χ4v) is 2.29. The summed E-state index contributed by atoms with van der Waals surface area (Å²) in [6.45, 7) is 1.15. The summed E-state index contributed by atoms with van der Waals surface area (Å²) < 4.78 is 2.30. The van der Waals surface area contributed by atoms with E-state index in [2.05, 4.69) is 57.4 Å². The first kappa shape index (κ1) is 12.5. The van der Waals surface area contributed by atoms with E-state index < -0.39 is 0 Å². The van der Waals surface area contributed by atoms with Crippen molar-refractivity contribution in [1.82, 2.24) is 20.0 Å². The molecule has 20 heavy (non-hydrogen) atoms. The molecule has 0 fully saturated rings. The van der Waals surface area contributed by atoms with Gasteiger partial charge in [-0.2, -0.15) is 0 Å². The third-order valence-electron chi connectivity index (χ3n) is 3.36. The molecule has 1 aliphatic heterocycles. The fourth-order valence-electron chi connectivity index (χ4n) is 2.29. The van der Waals surface area contributed by atoms with Crippen molar-refractivity contribution in [1.29, 1.82) is 0 Å². The smallest absolute Gasteiger partial charge is 0.206 e. The Bertz CT molecular complexity index is 803. The molecule has 3 aromatic rings. The summed E-state index contributed by atoms with van der Waals surface area (Å²) in [4.78, 5) is 0. The monoisotopic (exact) mass is 264 g/mol. The average molecular weight is 264 g/mol. The van der Waals surface area contributed by atoms with Crippen molar-refractivity contribution in [2.45, 2.75) is 6.42 Å². The molecule has 4 heteroatoms. The maximum Gasteiger partial charge on any atom is 0.206 e. The Morgan fingerprint density at radius 2 is 1.60 bits per heavy atom. The average Bonchev–Trinajstić information content (AvgIpc) is 2.97. The highest BCUT2D eigenvalue weighted by molar-refractivity contribution is 5.72. The van der Waals surface area contributed by atoms with Crippen LogP contribution in [0.25, 0.3) is 17.1 Å². The van der Waals surface area contributed by atoms with Crippen molar-refractivity contribution in [2.75, 3.05) is 13.6 Å². The van der Waals surface area contributed by atoms with Crippen LogP contribution in [0.1, 0.15) is 6.42 Å². The van der Waals surface area contributed by atoms with Crippen LogP contribution in [0.5, 0.6) is 0 Å². The highest BCUT2D eigenvalue weighted by Gasteiger charge is 2.03. The molecule has 1 aromatic heterocycles. The molecule has 100 valence electrons. The first-order chi connectivity index (χ1) is 9.84. The Labute approximate surface area is 117 Å². The van der Waals surface area contributed by atoms with Crippen molar-refractivity contribution >= 4 is 17.1 Å². The van der Waals surface area contributed by atoms with Crippen LogP contribution in [0.4, 0.5) is 0 Å². The lowest BCUT2D eigenvalue weighted by Crippen LogP contribution is -2.40. The summed E-state index contributed by atoms with van der Waals surface area (Å²) in [7, 11) is 2.14. The number of rotatable bonds is 0. The van der Waals surface area contributed by atoms with E-state index in [1.807, 2.05) is 24.3 Å². The molecule has 1 aliphatic rings. The molecule has 0 N–H and O–H groups in total. The van der Waals surface area contributed by atoms with Gasteiger partial charge < -0.3 is 15.4 Å². The molecule has 0 bridgehead atoms. The van der Waals surface area contributed by atoms with Gasteiger partial charge in [0.1, 0.15) is 13.6 Å². The zero-order valence-corrected chi connectivity index (χ0v) is 11.4. The van der Waals surface area contributed by atoms with Crippen LogP contribution < -0.4 is 20.4 Å². The summed E-state index contributed by atoms with van der Waals surface area (Å²) in [6.07, 6.45) is 3.48. The largest absolute Gasteiger partial charge is 0.492 e. The molecular formula is C16H16N4. The second kappa shape index (κ2) is 5.65. The minimum absolute atomic E-state index is 0.859. The lowest BCUT2D eigenvalue weighted by molar-refractivity contribution is 0.666. The van der Waals surface area contributed by atoms with Crippen molar-refractivity contribution < 1.29 is 0 Å². The summed E-state index contributed by atoms with van der Waals surface area (Å²) in [5.41, 5.74) is 1.72. The zero-order valence-electron chi connectivity index (χ0n) is 11.4. The van der Waals surface area contributed by atoms with E-state index in [-0.39, 0.29) is 0 Å². The lowest BCUT2D eigenvalue weighted by Gasteiger charge is -1.99. The zero-order chi connectivity index (χ0) is 13.8.